The maximum atomic E-state index is 5.47. The molecule has 0 spiro atoms. The molecule has 3 heterocycles. The summed E-state index contributed by atoms with van der Waals surface area (Å²) in [5.74, 6) is 2.05. The van der Waals surface area contributed by atoms with E-state index in [1.54, 1.807) is 6.26 Å². The molecule has 1 fully saturated rings. The van der Waals surface area contributed by atoms with Gasteiger partial charge < -0.3 is 14.6 Å². The zero-order valence-electron chi connectivity index (χ0n) is 11.9. The highest BCUT2D eigenvalue weighted by Gasteiger charge is 2.14. The first-order chi connectivity index (χ1) is 9.86. The summed E-state index contributed by atoms with van der Waals surface area (Å²) in [5.41, 5.74) is 1.04. The first-order valence-corrected chi connectivity index (χ1v) is 7.38. The van der Waals surface area contributed by atoms with Crippen LogP contribution in [0.2, 0.25) is 0 Å². The lowest BCUT2D eigenvalue weighted by atomic mass is 10.1. The monoisotopic (exact) mass is 271 g/mol. The van der Waals surface area contributed by atoms with Crippen LogP contribution < -0.4 is 10.2 Å². The van der Waals surface area contributed by atoms with E-state index in [9.17, 15) is 0 Å². The highest BCUT2D eigenvalue weighted by Crippen LogP contribution is 2.24. The van der Waals surface area contributed by atoms with Gasteiger partial charge >= 0.3 is 0 Å². The lowest BCUT2D eigenvalue weighted by Crippen LogP contribution is -2.18. The number of pyridine rings is 1. The molecule has 106 valence electrons. The van der Waals surface area contributed by atoms with Crippen LogP contribution in [0, 0.1) is 0 Å². The Kier molecular flexibility index (Phi) is 3.90. The van der Waals surface area contributed by atoms with Gasteiger partial charge in [-0.15, -0.1) is 0 Å². The molecule has 1 saturated heterocycles. The summed E-state index contributed by atoms with van der Waals surface area (Å²) in [5, 5.41) is 3.47. The number of nitrogens with one attached hydrogen (secondary N) is 1. The van der Waals surface area contributed by atoms with E-state index in [1.165, 1.54) is 12.8 Å². The molecule has 2 aromatic rings. The molecule has 1 aliphatic heterocycles. The molecular weight excluding hydrogens is 250 g/mol. The van der Waals surface area contributed by atoms with Gasteiger partial charge in [-0.2, -0.15) is 0 Å². The average Bonchev–Trinajstić information content (AvgIpc) is 3.18. The van der Waals surface area contributed by atoms with Crippen LogP contribution in [0.3, 0.4) is 0 Å². The Morgan fingerprint density at radius 2 is 2.15 bits per heavy atom. The Hall–Kier alpha value is -1.97. The van der Waals surface area contributed by atoms with E-state index in [0.29, 0.717) is 0 Å². The molecule has 4 nitrogen and oxygen atoms in total. The smallest absolute Gasteiger partial charge is 0.128 e. The molecule has 0 aliphatic carbocycles. The van der Waals surface area contributed by atoms with Crippen molar-refractivity contribution in [2.45, 2.75) is 32.2 Å². The Bertz CT molecular complexity index is 515. The second-order valence-corrected chi connectivity index (χ2v) is 5.22. The summed E-state index contributed by atoms with van der Waals surface area (Å²) < 4.78 is 5.47. The summed E-state index contributed by atoms with van der Waals surface area (Å²) in [7, 11) is 0. The SMILES string of the molecule is CCC(Nc1ccc(N2CCCC2)nc1)c1ccco1. The van der Waals surface area contributed by atoms with Crippen molar-refractivity contribution in [2.75, 3.05) is 23.3 Å². The van der Waals surface area contributed by atoms with Crippen LogP contribution in [0.25, 0.3) is 0 Å². The van der Waals surface area contributed by atoms with Crippen LogP contribution in [0.4, 0.5) is 11.5 Å². The lowest BCUT2D eigenvalue weighted by molar-refractivity contribution is 0.474. The highest BCUT2D eigenvalue weighted by atomic mass is 16.3. The zero-order valence-corrected chi connectivity index (χ0v) is 11.9. The summed E-state index contributed by atoms with van der Waals surface area (Å²) in [6.07, 6.45) is 7.16. The number of hydrogen-bond donors (Lipinski definition) is 1. The second kappa shape index (κ2) is 5.99. The van der Waals surface area contributed by atoms with Crippen LogP contribution >= 0.6 is 0 Å². The molecule has 1 unspecified atom stereocenters. The van der Waals surface area contributed by atoms with Crippen molar-refractivity contribution in [1.29, 1.82) is 0 Å². The number of hydrogen-bond acceptors (Lipinski definition) is 4. The van der Waals surface area contributed by atoms with Gasteiger partial charge in [0.25, 0.3) is 0 Å². The van der Waals surface area contributed by atoms with Crippen molar-refractivity contribution in [3.63, 3.8) is 0 Å². The average molecular weight is 271 g/mol. The van der Waals surface area contributed by atoms with Crippen molar-refractivity contribution in [2.24, 2.45) is 0 Å². The Morgan fingerprint density at radius 1 is 1.30 bits per heavy atom. The molecule has 0 saturated carbocycles. The molecule has 1 N–H and O–H groups in total. The minimum Gasteiger partial charge on any atom is -0.467 e. The Labute approximate surface area is 119 Å². The molecular formula is C16H21N3O. The Morgan fingerprint density at radius 3 is 2.75 bits per heavy atom. The van der Waals surface area contributed by atoms with Gasteiger partial charge in [0.05, 0.1) is 24.2 Å². The van der Waals surface area contributed by atoms with Gasteiger partial charge in [-0.1, -0.05) is 6.92 Å². The van der Waals surface area contributed by atoms with Gasteiger partial charge in [0.15, 0.2) is 0 Å². The fourth-order valence-corrected chi connectivity index (χ4v) is 2.67. The van der Waals surface area contributed by atoms with Crippen LogP contribution in [0.15, 0.2) is 41.1 Å². The van der Waals surface area contributed by atoms with Crippen LogP contribution in [-0.2, 0) is 0 Å². The molecule has 2 aromatic heterocycles. The van der Waals surface area contributed by atoms with E-state index in [0.717, 1.165) is 36.8 Å². The maximum absolute atomic E-state index is 5.47. The predicted octanol–water partition coefficient (Wildman–Crippen LogP) is 3.84. The second-order valence-electron chi connectivity index (χ2n) is 5.22. The number of nitrogens with zero attached hydrogens (tertiary/aromatic N) is 2. The molecule has 1 atom stereocenters. The van der Waals surface area contributed by atoms with Gasteiger partial charge in [-0.05, 0) is 43.5 Å². The third-order valence-electron chi connectivity index (χ3n) is 3.81. The van der Waals surface area contributed by atoms with E-state index < -0.39 is 0 Å². The summed E-state index contributed by atoms with van der Waals surface area (Å²) in [6, 6.07) is 8.33. The molecule has 4 heteroatoms. The summed E-state index contributed by atoms with van der Waals surface area (Å²) in [4.78, 5) is 6.90. The van der Waals surface area contributed by atoms with Crippen LogP contribution in [0.1, 0.15) is 38.0 Å². The van der Waals surface area contributed by atoms with E-state index in [2.05, 4.69) is 34.3 Å². The molecule has 0 radical (unpaired) electrons. The molecule has 20 heavy (non-hydrogen) atoms. The topological polar surface area (TPSA) is 41.3 Å². The van der Waals surface area contributed by atoms with Crippen molar-refractivity contribution in [3.8, 4) is 0 Å². The Balaban J connectivity index is 1.68. The quantitative estimate of drug-likeness (QED) is 0.897. The normalized spacial score (nSPS) is 16.4. The predicted molar refractivity (Wildman–Crippen MR) is 81.0 cm³/mol. The minimum atomic E-state index is 0.199. The first-order valence-electron chi connectivity index (χ1n) is 7.38. The van der Waals surface area contributed by atoms with Crippen molar-refractivity contribution in [1.82, 2.24) is 4.98 Å². The standard InChI is InChI=1S/C16H21N3O/c1-2-14(15-6-5-11-20-15)18-13-7-8-16(17-12-13)19-9-3-4-10-19/h5-8,11-12,14,18H,2-4,9-10H2,1H3. The lowest BCUT2D eigenvalue weighted by Gasteiger charge is -2.18. The number of furan rings is 1. The molecule has 0 bridgehead atoms. The van der Waals surface area contributed by atoms with Gasteiger partial charge in [0.1, 0.15) is 11.6 Å². The summed E-state index contributed by atoms with van der Waals surface area (Å²) in [6.45, 7) is 4.40. The maximum Gasteiger partial charge on any atom is 0.128 e. The number of aromatic nitrogens is 1. The molecule has 3 rings (SSSR count). The van der Waals surface area contributed by atoms with Crippen molar-refractivity contribution >= 4 is 11.5 Å². The van der Waals surface area contributed by atoms with Crippen LogP contribution in [-0.4, -0.2) is 18.1 Å². The molecule has 0 aromatic carbocycles. The third-order valence-corrected chi connectivity index (χ3v) is 3.81. The first kappa shape index (κ1) is 13.0. The largest absolute Gasteiger partial charge is 0.467 e. The van der Waals surface area contributed by atoms with E-state index in [4.69, 9.17) is 4.42 Å². The number of rotatable bonds is 5. The number of anilines is 2. The molecule has 0 amide bonds. The van der Waals surface area contributed by atoms with E-state index in [1.807, 2.05) is 18.3 Å². The van der Waals surface area contributed by atoms with Gasteiger partial charge in [-0.25, -0.2) is 4.98 Å². The van der Waals surface area contributed by atoms with Crippen molar-refractivity contribution in [3.05, 3.63) is 42.5 Å². The fourth-order valence-electron chi connectivity index (χ4n) is 2.67. The third kappa shape index (κ3) is 2.79. The highest BCUT2D eigenvalue weighted by molar-refractivity contribution is 5.49. The summed E-state index contributed by atoms with van der Waals surface area (Å²) >= 11 is 0. The fraction of sp³-hybridized carbons (Fsp3) is 0.438. The van der Waals surface area contributed by atoms with Crippen LogP contribution in [0.5, 0.6) is 0 Å². The molecule has 1 aliphatic rings. The minimum absolute atomic E-state index is 0.199. The van der Waals surface area contributed by atoms with Crippen molar-refractivity contribution < 1.29 is 4.42 Å². The van der Waals surface area contributed by atoms with Gasteiger partial charge in [0, 0.05) is 13.1 Å². The van der Waals surface area contributed by atoms with Gasteiger partial charge in [-0.3, -0.25) is 0 Å². The zero-order chi connectivity index (χ0) is 13.8. The van der Waals surface area contributed by atoms with E-state index in [-0.39, 0.29) is 6.04 Å². The van der Waals surface area contributed by atoms with Gasteiger partial charge in [0.2, 0.25) is 0 Å². The van der Waals surface area contributed by atoms with E-state index >= 15 is 0 Å².